The Morgan fingerprint density at radius 1 is 1.53 bits per heavy atom. The predicted molar refractivity (Wildman–Crippen MR) is 64.4 cm³/mol. The van der Waals surface area contributed by atoms with E-state index in [4.69, 9.17) is 9.47 Å². The van der Waals surface area contributed by atoms with Crippen LogP contribution < -0.4 is 10.1 Å². The van der Waals surface area contributed by atoms with Gasteiger partial charge < -0.3 is 14.8 Å². The number of hydrogen-bond donors (Lipinski definition) is 1. The van der Waals surface area contributed by atoms with E-state index in [0.29, 0.717) is 18.7 Å². The standard InChI is InChI=1S/C13H17NO3/c1-3-16-10-5-4-9-6-11(8-14-2)17-13(15)12(9)7-10/h4-5,7,11,14H,3,6,8H2,1-2H3. The van der Waals surface area contributed by atoms with Gasteiger partial charge in [-0.15, -0.1) is 0 Å². The molecule has 0 spiro atoms. The smallest absolute Gasteiger partial charge is 0.338 e. The van der Waals surface area contributed by atoms with E-state index in [-0.39, 0.29) is 12.1 Å². The molecule has 1 atom stereocenters. The van der Waals surface area contributed by atoms with E-state index >= 15 is 0 Å². The summed E-state index contributed by atoms with van der Waals surface area (Å²) in [5.74, 6) is 0.461. The number of likely N-dealkylation sites (N-methyl/N-ethyl adjacent to an activating group) is 1. The average Bonchev–Trinajstić information content (AvgIpc) is 2.31. The number of cyclic esters (lactones) is 1. The van der Waals surface area contributed by atoms with Crippen molar-refractivity contribution in [2.75, 3.05) is 20.2 Å². The number of esters is 1. The zero-order valence-electron chi connectivity index (χ0n) is 10.2. The van der Waals surface area contributed by atoms with Gasteiger partial charge in [-0.25, -0.2) is 4.79 Å². The number of nitrogens with one attached hydrogen (secondary N) is 1. The van der Waals surface area contributed by atoms with Crippen LogP contribution in [0.2, 0.25) is 0 Å². The highest BCUT2D eigenvalue weighted by molar-refractivity contribution is 5.92. The van der Waals surface area contributed by atoms with Gasteiger partial charge in [0.1, 0.15) is 11.9 Å². The van der Waals surface area contributed by atoms with Crippen LogP contribution in [0.4, 0.5) is 0 Å². The fourth-order valence-corrected chi connectivity index (χ4v) is 2.02. The molecule has 1 unspecified atom stereocenters. The Balaban J connectivity index is 2.22. The molecule has 1 heterocycles. The van der Waals surface area contributed by atoms with Gasteiger partial charge in [-0.2, -0.15) is 0 Å². The van der Waals surface area contributed by atoms with Crippen molar-refractivity contribution in [3.8, 4) is 5.75 Å². The van der Waals surface area contributed by atoms with Crippen LogP contribution >= 0.6 is 0 Å². The quantitative estimate of drug-likeness (QED) is 0.801. The molecular formula is C13H17NO3. The van der Waals surface area contributed by atoms with E-state index in [2.05, 4.69) is 5.32 Å². The molecule has 0 aliphatic carbocycles. The lowest BCUT2D eigenvalue weighted by Crippen LogP contribution is -2.35. The Hall–Kier alpha value is -1.55. The molecule has 0 fully saturated rings. The van der Waals surface area contributed by atoms with Crippen LogP contribution in [0.1, 0.15) is 22.8 Å². The number of benzene rings is 1. The topological polar surface area (TPSA) is 47.6 Å². The Morgan fingerprint density at radius 3 is 3.06 bits per heavy atom. The number of ether oxygens (including phenoxy) is 2. The molecule has 1 aromatic carbocycles. The summed E-state index contributed by atoms with van der Waals surface area (Å²) in [6, 6.07) is 5.61. The van der Waals surface area contributed by atoms with Crippen LogP contribution in [-0.4, -0.2) is 32.3 Å². The van der Waals surface area contributed by atoms with Gasteiger partial charge in [0, 0.05) is 13.0 Å². The van der Waals surface area contributed by atoms with Crippen molar-refractivity contribution in [3.63, 3.8) is 0 Å². The number of carbonyl (C=O) groups is 1. The molecular weight excluding hydrogens is 218 g/mol. The maximum absolute atomic E-state index is 11.8. The molecule has 1 aliphatic heterocycles. The minimum Gasteiger partial charge on any atom is -0.494 e. The monoisotopic (exact) mass is 235 g/mol. The van der Waals surface area contributed by atoms with Crippen molar-refractivity contribution in [1.29, 1.82) is 0 Å². The third-order valence-electron chi connectivity index (χ3n) is 2.77. The van der Waals surface area contributed by atoms with Gasteiger partial charge in [0.15, 0.2) is 0 Å². The van der Waals surface area contributed by atoms with Crippen molar-refractivity contribution >= 4 is 5.97 Å². The van der Waals surface area contributed by atoms with Crippen molar-refractivity contribution in [2.45, 2.75) is 19.4 Å². The van der Waals surface area contributed by atoms with E-state index in [1.807, 2.05) is 26.1 Å². The number of fused-ring (bicyclic) bond motifs is 1. The van der Waals surface area contributed by atoms with Gasteiger partial charge in [-0.1, -0.05) is 6.07 Å². The molecule has 1 aliphatic rings. The average molecular weight is 235 g/mol. The predicted octanol–water partition coefficient (Wildman–Crippen LogP) is 1.39. The lowest BCUT2D eigenvalue weighted by Gasteiger charge is -2.24. The molecule has 1 N–H and O–H groups in total. The second kappa shape index (κ2) is 5.19. The minimum atomic E-state index is -0.256. The number of hydrogen-bond acceptors (Lipinski definition) is 4. The Kier molecular flexibility index (Phi) is 3.64. The lowest BCUT2D eigenvalue weighted by molar-refractivity contribution is 0.0263. The molecule has 0 amide bonds. The first-order valence-electron chi connectivity index (χ1n) is 5.86. The van der Waals surface area contributed by atoms with Gasteiger partial charge in [-0.05, 0) is 31.7 Å². The maximum Gasteiger partial charge on any atom is 0.338 e. The first kappa shape index (κ1) is 11.9. The Labute approximate surface area is 101 Å². The highest BCUT2D eigenvalue weighted by atomic mass is 16.5. The van der Waals surface area contributed by atoms with Crippen LogP contribution in [0.5, 0.6) is 5.75 Å². The van der Waals surface area contributed by atoms with Gasteiger partial charge >= 0.3 is 5.97 Å². The fourth-order valence-electron chi connectivity index (χ4n) is 2.02. The molecule has 0 saturated carbocycles. The molecule has 0 radical (unpaired) electrons. The molecule has 0 saturated heterocycles. The molecule has 2 rings (SSSR count). The van der Waals surface area contributed by atoms with Crippen LogP contribution in [0.15, 0.2) is 18.2 Å². The van der Waals surface area contributed by atoms with E-state index < -0.39 is 0 Å². The normalized spacial score (nSPS) is 18.5. The summed E-state index contributed by atoms with van der Waals surface area (Å²) in [5, 5.41) is 3.02. The lowest BCUT2D eigenvalue weighted by atomic mass is 9.98. The Bertz CT molecular complexity index is 417. The second-order valence-electron chi connectivity index (χ2n) is 4.04. The minimum absolute atomic E-state index is 0.0713. The largest absolute Gasteiger partial charge is 0.494 e. The van der Waals surface area contributed by atoms with Crippen molar-refractivity contribution in [3.05, 3.63) is 29.3 Å². The summed E-state index contributed by atoms with van der Waals surface area (Å²) in [6.45, 7) is 3.19. The van der Waals surface area contributed by atoms with Gasteiger partial charge in [0.25, 0.3) is 0 Å². The van der Waals surface area contributed by atoms with E-state index in [9.17, 15) is 4.79 Å². The van der Waals surface area contributed by atoms with E-state index in [1.54, 1.807) is 6.07 Å². The van der Waals surface area contributed by atoms with Gasteiger partial charge in [-0.3, -0.25) is 0 Å². The summed E-state index contributed by atoms with van der Waals surface area (Å²) < 4.78 is 10.7. The molecule has 4 heteroatoms. The first-order valence-corrected chi connectivity index (χ1v) is 5.86. The second-order valence-corrected chi connectivity index (χ2v) is 4.04. The van der Waals surface area contributed by atoms with Gasteiger partial charge in [0.2, 0.25) is 0 Å². The van der Waals surface area contributed by atoms with Crippen LogP contribution in [0, 0.1) is 0 Å². The maximum atomic E-state index is 11.8. The highest BCUT2D eigenvalue weighted by Gasteiger charge is 2.26. The fraction of sp³-hybridized carbons (Fsp3) is 0.462. The SMILES string of the molecule is CCOc1ccc2c(c1)C(=O)OC(CNC)C2. The molecule has 1 aromatic rings. The summed E-state index contributed by atoms with van der Waals surface area (Å²) in [4.78, 5) is 11.8. The molecule has 0 aromatic heterocycles. The van der Waals surface area contributed by atoms with Crippen LogP contribution in [0.25, 0.3) is 0 Å². The van der Waals surface area contributed by atoms with Crippen molar-refractivity contribution in [1.82, 2.24) is 5.32 Å². The molecule has 4 nitrogen and oxygen atoms in total. The molecule has 17 heavy (non-hydrogen) atoms. The number of carbonyl (C=O) groups excluding carboxylic acids is 1. The summed E-state index contributed by atoms with van der Waals surface area (Å²) >= 11 is 0. The first-order chi connectivity index (χ1) is 8.24. The summed E-state index contributed by atoms with van der Waals surface area (Å²) in [7, 11) is 1.85. The Morgan fingerprint density at radius 2 is 2.35 bits per heavy atom. The van der Waals surface area contributed by atoms with Crippen LogP contribution in [-0.2, 0) is 11.2 Å². The van der Waals surface area contributed by atoms with E-state index in [0.717, 1.165) is 17.7 Å². The summed E-state index contributed by atoms with van der Waals surface area (Å²) in [5.41, 5.74) is 1.66. The molecule has 92 valence electrons. The van der Waals surface area contributed by atoms with Crippen LogP contribution in [0.3, 0.4) is 0 Å². The van der Waals surface area contributed by atoms with Crippen molar-refractivity contribution < 1.29 is 14.3 Å². The zero-order valence-corrected chi connectivity index (χ0v) is 10.2. The zero-order chi connectivity index (χ0) is 12.3. The van der Waals surface area contributed by atoms with Gasteiger partial charge in [0.05, 0.1) is 12.2 Å². The highest BCUT2D eigenvalue weighted by Crippen LogP contribution is 2.24. The summed E-state index contributed by atoms with van der Waals surface area (Å²) in [6.07, 6.45) is 0.687. The molecule has 0 bridgehead atoms. The van der Waals surface area contributed by atoms with E-state index in [1.165, 1.54) is 0 Å². The third kappa shape index (κ3) is 2.58. The third-order valence-corrected chi connectivity index (χ3v) is 2.77. The number of rotatable bonds is 4. The van der Waals surface area contributed by atoms with Crippen molar-refractivity contribution in [2.24, 2.45) is 0 Å².